The van der Waals surface area contributed by atoms with E-state index in [1.165, 1.54) is 4.90 Å². The molecule has 0 aromatic heterocycles. The highest BCUT2D eigenvalue weighted by Crippen LogP contribution is 1.97. The van der Waals surface area contributed by atoms with Gasteiger partial charge in [0, 0.05) is 19.1 Å². The number of likely N-dealkylation sites (N-methyl/N-ethyl adjacent to an activating group) is 1. The van der Waals surface area contributed by atoms with Crippen LogP contribution < -0.4 is 5.32 Å². The van der Waals surface area contributed by atoms with E-state index in [1.54, 1.807) is 0 Å². The van der Waals surface area contributed by atoms with Crippen LogP contribution in [-0.2, 0) is 4.79 Å². The standard InChI is InChI=1S/C13H27N3O3/c1-5-8-16(10-12(17)18)13(19)14-11(4)9-15(6-2)7-3/h11H,5-10H2,1-4H3,(H,14,19)(H,17,18). The number of hydrogen-bond acceptors (Lipinski definition) is 3. The van der Waals surface area contributed by atoms with E-state index >= 15 is 0 Å². The van der Waals surface area contributed by atoms with Crippen molar-refractivity contribution in [2.24, 2.45) is 0 Å². The van der Waals surface area contributed by atoms with E-state index in [1.807, 2.05) is 13.8 Å². The first-order valence-electron chi connectivity index (χ1n) is 6.94. The fourth-order valence-corrected chi connectivity index (χ4v) is 1.90. The lowest BCUT2D eigenvalue weighted by Crippen LogP contribution is -2.49. The van der Waals surface area contributed by atoms with Crippen molar-refractivity contribution < 1.29 is 14.7 Å². The molecule has 1 unspecified atom stereocenters. The predicted molar refractivity (Wildman–Crippen MR) is 75.3 cm³/mol. The van der Waals surface area contributed by atoms with Gasteiger partial charge < -0.3 is 20.2 Å². The van der Waals surface area contributed by atoms with Gasteiger partial charge in [-0.25, -0.2) is 4.79 Å². The molecule has 1 atom stereocenters. The smallest absolute Gasteiger partial charge is 0.323 e. The van der Waals surface area contributed by atoms with Gasteiger partial charge in [-0.1, -0.05) is 20.8 Å². The Hall–Kier alpha value is -1.30. The fraction of sp³-hybridized carbons (Fsp3) is 0.846. The Labute approximate surface area is 115 Å². The highest BCUT2D eigenvalue weighted by Gasteiger charge is 2.18. The summed E-state index contributed by atoms with van der Waals surface area (Å²) < 4.78 is 0. The lowest BCUT2D eigenvalue weighted by molar-refractivity contribution is -0.137. The molecule has 0 saturated carbocycles. The zero-order valence-corrected chi connectivity index (χ0v) is 12.5. The third kappa shape index (κ3) is 7.66. The third-order valence-corrected chi connectivity index (χ3v) is 2.90. The Bertz CT molecular complexity index is 280. The van der Waals surface area contributed by atoms with Gasteiger partial charge >= 0.3 is 12.0 Å². The van der Waals surface area contributed by atoms with Crippen LogP contribution in [-0.4, -0.2) is 65.7 Å². The van der Waals surface area contributed by atoms with E-state index in [9.17, 15) is 9.59 Å². The minimum Gasteiger partial charge on any atom is -0.480 e. The maximum Gasteiger partial charge on any atom is 0.323 e. The summed E-state index contributed by atoms with van der Waals surface area (Å²) in [6.07, 6.45) is 0.741. The van der Waals surface area contributed by atoms with Gasteiger partial charge in [-0.2, -0.15) is 0 Å². The van der Waals surface area contributed by atoms with Crippen LogP contribution in [0.5, 0.6) is 0 Å². The molecule has 0 spiro atoms. The number of carboxylic acid groups (broad SMARTS) is 1. The third-order valence-electron chi connectivity index (χ3n) is 2.90. The summed E-state index contributed by atoms with van der Waals surface area (Å²) in [5.74, 6) is -0.986. The van der Waals surface area contributed by atoms with Crippen molar-refractivity contribution in [1.82, 2.24) is 15.1 Å². The molecule has 112 valence electrons. The van der Waals surface area contributed by atoms with Gasteiger partial charge in [0.1, 0.15) is 6.54 Å². The first-order chi connectivity index (χ1) is 8.94. The topological polar surface area (TPSA) is 72.9 Å². The summed E-state index contributed by atoms with van der Waals surface area (Å²) in [6.45, 7) is 10.8. The summed E-state index contributed by atoms with van der Waals surface area (Å²) in [7, 11) is 0. The monoisotopic (exact) mass is 273 g/mol. The van der Waals surface area contributed by atoms with Gasteiger partial charge in [0.2, 0.25) is 0 Å². The fourth-order valence-electron chi connectivity index (χ4n) is 1.90. The molecule has 0 aliphatic heterocycles. The molecule has 6 nitrogen and oxygen atoms in total. The number of aliphatic carboxylic acids is 1. The van der Waals surface area contributed by atoms with Crippen molar-refractivity contribution in [3.8, 4) is 0 Å². The zero-order chi connectivity index (χ0) is 14.8. The molecule has 0 saturated heterocycles. The quantitative estimate of drug-likeness (QED) is 0.662. The molecule has 0 fully saturated rings. The normalized spacial score (nSPS) is 12.3. The number of hydrogen-bond donors (Lipinski definition) is 2. The number of urea groups is 1. The van der Waals surface area contributed by atoms with Gasteiger partial charge in [0.25, 0.3) is 0 Å². The molecule has 0 aromatic rings. The average Bonchev–Trinajstić information content (AvgIpc) is 2.34. The number of rotatable bonds is 9. The second-order valence-electron chi connectivity index (χ2n) is 4.65. The number of carboxylic acids is 1. The number of carbonyl (C=O) groups is 2. The van der Waals surface area contributed by atoms with Crippen molar-refractivity contribution >= 4 is 12.0 Å². The van der Waals surface area contributed by atoms with E-state index < -0.39 is 5.97 Å². The molecule has 0 bridgehead atoms. The summed E-state index contributed by atoms with van der Waals surface area (Å²) in [5, 5.41) is 11.6. The minimum atomic E-state index is -0.986. The van der Waals surface area contributed by atoms with Gasteiger partial charge in [0.05, 0.1) is 0 Å². The maximum atomic E-state index is 12.0. The number of amides is 2. The number of nitrogens with zero attached hydrogens (tertiary/aromatic N) is 2. The molecular formula is C13H27N3O3. The predicted octanol–water partition coefficient (Wildman–Crippen LogP) is 1.22. The summed E-state index contributed by atoms with van der Waals surface area (Å²) in [6, 6.07) is -0.301. The van der Waals surface area contributed by atoms with Gasteiger partial charge in [-0.05, 0) is 26.4 Å². The molecule has 0 heterocycles. The van der Waals surface area contributed by atoms with Crippen molar-refractivity contribution in [3.05, 3.63) is 0 Å². The molecule has 2 N–H and O–H groups in total. The van der Waals surface area contributed by atoms with Crippen molar-refractivity contribution in [2.75, 3.05) is 32.7 Å². The molecule has 0 aliphatic rings. The van der Waals surface area contributed by atoms with Crippen LogP contribution in [0, 0.1) is 0 Å². The lowest BCUT2D eigenvalue weighted by atomic mass is 10.3. The Morgan fingerprint density at radius 3 is 2.21 bits per heavy atom. The Kier molecular flexibility index (Phi) is 8.95. The van der Waals surface area contributed by atoms with E-state index in [0.29, 0.717) is 6.54 Å². The van der Waals surface area contributed by atoms with Crippen LogP contribution in [0.2, 0.25) is 0 Å². The summed E-state index contributed by atoms with van der Waals surface area (Å²) in [4.78, 5) is 26.2. The Balaban J connectivity index is 4.33. The molecule has 2 amide bonds. The van der Waals surface area contributed by atoms with E-state index in [2.05, 4.69) is 24.1 Å². The summed E-state index contributed by atoms with van der Waals surface area (Å²) >= 11 is 0. The van der Waals surface area contributed by atoms with Crippen LogP contribution in [0.15, 0.2) is 0 Å². The SMILES string of the molecule is CCCN(CC(=O)O)C(=O)NC(C)CN(CC)CC. The molecule has 0 radical (unpaired) electrons. The van der Waals surface area contributed by atoms with E-state index in [4.69, 9.17) is 5.11 Å². The minimum absolute atomic E-state index is 0.000510. The highest BCUT2D eigenvalue weighted by molar-refractivity contribution is 5.80. The molecular weight excluding hydrogens is 246 g/mol. The zero-order valence-electron chi connectivity index (χ0n) is 12.5. The van der Waals surface area contributed by atoms with Crippen LogP contribution >= 0.6 is 0 Å². The highest BCUT2D eigenvalue weighted by atomic mass is 16.4. The molecule has 0 rings (SSSR count). The Morgan fingerprint density at radius 2 is 1.79 bits per heavy atom. The van der Waals surface area contributed by atoms with Crippen molar-refractivity contribution in [2.45, 2.75) is 40.2 Å². The van der Waals surface area contributed by atoms with Crippen LogP contribution in [0.4, 0.5) is 4.79 Å². The lowest BCUT2D eigenvalue weighted by Gasteiger charge is -2.26. The summed E-state index contributed by atoms with van der Waals surface area (Å²) in [5.41, 5.74) is 0. The van der Waals surface area contributed by atoms with Crippen molar-refractivity contribution in [1.29, 1.82) is 0 Å². The van der Waals surface area contributed by atoms with E-state index in [-0.39, 0.29) is 18.6 Å². The molecule has 19 heavy (non-hydrogen) atoms. The second-order valence-corrected chi connectivity index (χ2v) is 4.65. The number of carbonyl (C=O) groups excluding carboxylic acids is 1. The molecule has 0 aliphatic carbocycles. The Morgan fingerprint density at radius 1 is 1.21 bits per heavy atom. The maximum absolute atomic E-state index is 12.0. The molecule has 0 aromatic carbocycles. The van der Waals surface area contributed by atoms with E-state index in [0.717, 1.165) is 26.1 Å². The van der Waals surface area contributed by atoms with Crippen LogP contribution in [0.1, 0.15) is 34.1 Å². The first-order valence-corrected chi connectivity index (χ1v) is 6.94. The molecule has 6 heteroatoms. The van der Waals surface area contributed by atoms with Gasteiger partial charge in [-0.15, -0.1) is 0 Å². The average molecular weight is 273 g/mol. The second kappa shape index (κ2) is 9.61. The van der Waals surface area contributed by atoms with Crippen molar-refractivity contribution in [3.63, 3.8) is 0 Å². The largest absolute Gasteiger partial charge is 0.480 e. The van der Waals surface area contributed by atoms with Gasteiger partial charge in [-0.3, -0.25) is 4.79 Å². The van der Waals surface area contributed by atoms with Crippen LogP contribution in [0.3, 0.4) is 0 Å². The van der Waals surface area contributed by atoms with Crippen LogP contribution in [0.25, 0.3) is 0 Å². The number of nitrogens with one attached hydrogen (secondary N) is 1. The van der Waals surface area contributed by atoms with Gasteiger partial charge in [0.15, 0.2) is 0 Å². The first kappa shape index (κ1) is 17.7.